The standard InChI is InChI=1S/C21H17ClF2NO4PS/c1-2-25(18-6-5-14(23)11-17(18)24)21(26)20(30(27)28-8-3-9-29-30)16-12-31-19-7-4-13(22)10-15(16)19/h2,4-7,10-12,20H,1,3,8-9H2. The fourth-order valence-corrected chi connectivity index (χ4v) is 6.75. The summed E-state index contributed by atoms with van der Waals surface area (Å²) in [5, 5.41) is 2.74. The molecule has 1 aromatic heterocycles. The molecule has 31 heavy (non-hydrogen) atoms. The van der Waals surface area contributed by atoms with E-state index in [0.29, 0.717) is 28.5 Å². The van der Waals surface area contributed by atoms with Crippen LogP contribution in [0.4, 0.5) is 14.5 Å². The summed E-state index contributed by atoms with van der Waals surface area (Å²) in [5.74, 6) is -2.53. The van der Waals surface area contributed by atoms with E-state index in [2.05, 4.69) is 6.58 Å². The Morgan fingerprint density at radius 2 is 1.97 bits per heavy atom. The Bertz CT molecular complexity index is 1210. The van der Waals surface area contributed by atoms with E-state index in [4.69, 9.17) is 20.6 Å². The number of hydrogen-bond acceptors (Lipinski definition) is 5. The molecule has 1 saturated heterocycles. The molecule has 0 radical (unpaired) electrons. The number of amides is 1. The molecule has 1 unspecified atom stereocenters. The van der Waals surface area contributed by atoms with Gasteiger partial charge in [0.15, 0.2) is 5.66 Å². The Balaban J connectivity index is 1.87. The molecule has 3 aromatic rings. The molecule has 2 heterocycles. The minimum absolute atomic E-state index is 0.156. The van der Waals surface area contributed by atoms with Crippen molar-refractivity contribution in [3.63, 3.8) is 0 Å². The van der Waals surface area contributed by atoms with Gasteiger partial charge in [-0.3, -0.25) is 14.3 Å². The van der Waals surface area contributed by atoms with Gasteiger partial charge in [-0.15, -0.1) is 11.3 Å². The van der Waals surface area contributed by atoms with Gasteiger partial charge in [-0.1, -0.05) is 18.2 Å². The summed E-state index contributed by atoms with van der Waals surface area (Å²) >= 11 is 7.49. The second-order valence-corrected chi connectivity index (χ2v) is 10.2. The molecule has 1 amide bonds. The largest absolute Gasteiger partial charge is 0.347 e. The Morgan fingerprint density at radius 3 is 2.65 bits per heavy atom. The van der Waals surface area contributed by atoms with E-state index >= 15 is 0 Å². The van der Waals surface area contributed by atoms with Gasteiger partial charge in [0.1, 0.15) is 11.6 Å². The Hall–Kier alpha value is -2.09. The zero-order valence-corrected chi connectivity index (χ0v) is 18.6. The van der Waals surface area contributed by atoms with Crippen LogP contribution < -0.4 is 4.90 Å². The van der Waals surface area contributed by atoms with Crippen LogP contribution in [0.1, 0.15) is 17.6 Å². The average molecular weight is 484 g/mol. The van der Waals surface area contributed by atoms with Crippen LogP contribution in [-0.2, 0) is 18.4 Å². The monoisotopic (exact) mass is 483 g/mol. The van der Waals surface area contributed by atoms with Gasteiger partial charge in [0.25, 0.3) is 5.91 Å². The van der Waals surface area contributed by atoms with Crippen molar-refractivity contribution in [2.75, 3.05) is 18.1 Å². The minimum atomic E-state index is -3.97. The summed E-state index contributed by atoms with van der Waals surface area (Å²) in [6.45, 7) is 3.90. The first kappa shape index (κ1) is 22.1. The SMILES string of the molecule is C=CN(C(=O)C(c1csc2ccc(Cl)cc12)P1(=O)OCCCO1)c1ccc(F)cc1F. The highest BCUT2D eigenvalue weighted by Gasteiger charge is 2.47. The van der Waals surface area contributed by atoms with E-state index in [1.807, 2.05) is 0 Å². The molecule has 1 aliphatic rings. The molecule has 5 nitrogen and oxygen atoms in total. The minimum Gasteiger partial charge on any atom is -0.308 e. The molecule has 1 fully saturated rings. The van der Waals surface area contributed by atoms with Gasteiger partial charge < -0.3 is 9.05 Å². The number of thiophene rings is 1. The van der Waals surface area contributed by atoms with Crippen molar-refractivity contribution in [2.45, 2.75) is 12.1 Å². The second-order valence-electron chi connectivity index (χ2n) is 6.78. The average Bonchev–Trinajstić information content (AvgIpc) is 3.13. The summed E-state index contributed by atoms with van der Waals surface area (Å²) in [7, 11) is -3.97. The van der Waals surface area contributed by atoms with Crippen molar-refractivity contribution in [3.05, 3.63) is 76.8 Å². The number of fused-ring (bicyclic) bond motifs is 1. The number of nitrogens with zero attached hydrogens (tertiary/aromatic N) is 1. The maximum atomic E-state index is 14.5. The van der Waals surface area contributed by atoms with Crippen molar-refractivity contribution >= 4 is 52.2 Å². The smallest absolute Gasteiger partial charge is 0.308 e. The first-order valence-electron chi connectivity index (χ1n) is 9.30. The molecule has 4 rings (SSSR count). The number of benzene rings is 2. The predicted octanol–water partition coefficient (Wildman–Crippen LogP) is 6.68. The van der Waals surface area contributed by atoms with E-state index in [0.717, 1.165) is 27.9 Å². The van der Waals surface area contributed by atoms with Crippen molar-refractivity contribution in [3.8, 4) is 0 Å². The number of hydrogen-bond donors (Lipinski definition) is 0. The highest BCUT2D eigenvalue weighted by Crippen LogP contribution is 2.64. The van der Waals surface area contributed by atoms with E-state index in [-0.39, 0.29) is 18.9 Å². The maximum Gasteiger partial charge on any atom is 0.347 e. The molecule has 0 saturated carbocycles. The van der Waals surface area contributed by atoms with Crippen molar-refractivity contribution < 1.29 is 27.2 Å². The number of halogens is 3. The number of anilines is 1. The lowest BCUT2D eigenvalue weighted by Crippen LogP contribution is -2.33. The van der Waals surface area contributed by atoms with Gasteiger partial charge in [0.05, 0.1) is 18.9 Å². The Labute approximate surface area is 186 Å². The Morgan fingerprint density at radius 1 is 1.23 bits per heavy atom. The molecule has 1 aliphatic heterocycles. The van der Waals surface area contributed by atoms with Crippen LogP contribution in [0.5, 0.6) is 0 Å². The highest BCUT2D eigenvalue weighted by atomic mass is 35.5. The Kier molecular flexibility index (Phi) is 6.28. The fraction of sp³-hybridized carbons (Fsp3) is 0.190. The third-order valence-corrected chi connectivity index (χ3v) is 8.26. The molecule has 0 spiro atoms. The number of carbonyl (C=O) groups excluding carboxylic acids is 1. The number of carbonyl (C=O) groups is 1. The van der Waals surface area contributed by atoms with Crippen LogP contribution in [-0.4, -0.2) is 19.1 Å². The van der Waals surface area contributed by atoms with Crippen molar-refractivity contribution in [1.82, 2.24) is 0 Å². The van der Waals surface area contributed by atoms with Crippen LogP contribution in [0.25, 0.3) is 10.1 Å². The van der Waals surface area contributed by atoms with Gasteiger partial charge in [-0.2, -0.15) is 0 Å². The number of rotatable bonds is 5. The van der Waals surface area contributed by atoms with Crippen molar-refractivity contribution in [2.24, 2.45) is 0 Å². The lowest BCUT2D eigenvalue weighted by molar-refractivity contribution is -0.118. The quantitative estimate of drug-likeness (QED) is 0.380. The summed E-state index contributed by atoms with van der Waals surface area (Å²) in [4.78, 5) is 14.6. The second kappa shape index (κ2) is 8.81. The van der Waals surface area contributed by atoms with Crippen molar-refractivity contribution in [1.29, 1.82) is 0 Å². The molecule has 0 aliphatic carbocycles. The van der Waals surface area contributed by atoms with E-state index in [9.17, 15) is 18.1 Å². The molecule has 1 atom stereocenters. The van der Waals surface area contributed by atoms with Crippen LogP contribution in [0.2, 0.25) is 5.02 Å². The van der Waals surface area contributed by atoms with Gasteiger partial charge in [-0.05, 0) is 53.1 Å². The zero-order chi connectivity index (χ0) is 22.2. The maximum absolute atomic E-state index is 14.5. The third kappa shape index (κ3) is 4.19. The zero-order valence-electron chi connectivity index (χ0n) is 16.1. The van der Waals surface area contributed by atoms with Gasteiger partial charge in [0, 0.05) is 22.0 Å². The molecule has 0 N–H and O–H groups in total. The van der Waals surface area contributed by atoms with E-state index in [1.165, 1.54) is 11.3 Å². The molecule has 2 aromatic carbocycles. The summed E-state index contributed by atoms with van der Waals surface area (Å²) < 4.78 is 53.4. The summed E-state index contributed by atoms with van der Waals surface area (Å²) in [6, 6.07) is 7.95. The first-order valence-corrected chi connectivity index (χ1v) is 12.2. The fourth-order valence-electron chi connectivity index (χ4n) is 3.42. The molecule has 10 heteroatoms. The van der Waals surface area contributed by atoms with Gasteiger partial charge >= 0.3 is 7.60 Å². The van der Waals surface area contributed by atoms with E-state index < -0.39 is 30.8 Å². The molecular weight excluding hydrogens is 467 g/mol. The summed E-state index contributed by atoms with van der Waals surface area (Å²) in [6.07, 6.45) is 1.61. The first-order chi connectivity index (χ1) is 14.8. The third-order valence-electron chi connectivity index (χ3n) is 4.83. The van der Waals surface area contributed by atoms with E-state index in [1.54, 1.807) is 23.6 Å². The summed E-state index contributed by atoms with van der Waals surface area (Å²) in [5.41, 5.74) is -1.22. The lowest BCUT2D eigenvalue weighted by Gasteiger charge is -2.32. The highest BCUT2D eigenvalue weighted by molar-refractivity contribution is 7.55. The van der Waals surface area contributed by atoms with Crippen LogP contribution in [0.15, 0.2) is 54.6 Å². The topological polar surface area (TPSA) is 55.8 Å². The lowest BCUT2D eigenvalue weighted by atomic mass is 10.1. The predicted molar refractivity (Wildman–Crippen MR) is 118 cm³/mol. The normalized spacial score (nSPS) is 16.7. The van der Waals surface area contributed by atoms with Crippen LogP contribution in [0.3, 0.4) is 0 Å². The van der Waals surface area contributed by atoms with Gasteiger partial charge in [0.2, 0.25) is 0 Å². The molecule has 162 valence electrons. The molecule has 0 bridgehead atoms. The van der Waals surface area contributed by atoms with Gasteiger partial charge in [-0.25, -0.2) is 8.78 Å². The molecular formula is C21H17ClF2NO4PS. The van der Waals surface area contributed by atoms with Crippen LogP contribution >= 0.6 is 30.5 Å². The van der Waals surface area contributed by atoms with Crippen LogP contribution in [0, 0.1) is 11.6 Å².